The summed E-state index contributed by atoms with van der Waals surface area (Å²) >= 11 is 5.54. The van der Waals surface area contributed by atoms with E-state index in [1.165, 1.54) is 0 Å². The van der Waals surface area contributed by atoms with E-state index in [-0.39, 0.29) is 5.75 Å². The van der Waals surface area contributed by atoms with Gasteiger partial charge in [0.05, 0.1) is 25.9 Å². The molecule has 0 atom stereocenters. The van der Waals surface area contributed by atoms with Gasteiger partial charge in [-0.25, -0.2) is 0 Å². The smallest absolute Gasteiger partial charge is 0.173 e. The van der Waals surface area contributed by atoms with E-state index in [4.69, 9.17) is 21.7 Å². The largest absolute Gasteiger partial charge is 0.508 e. The number of thiocarbonyl (C=S) groups is 1. The number of benzene rings is 2. The summed E-state index contributed by atoms with van der Waals surface area (Å²) < 4.78 is 10.5. The molecule has 2 N–H and O–H groups in total. The van der Waals surface area contributed by atoms with Crippen LogP contribution in [0.2, 0.25) is 0 Å². The second-order valence-corrected chi connectivity index (χ2v) is 5.50. The Balaban J connectivity index is 2.30. The molecule has 0 heterocycles. The lowest BCUT2D eigenvalue weighted by Crippen LogP contribution is -2.41. The molecular weight excluding hydrogens is 324 g/mol. The topological polar surface area (TPSA) is 54.0 Å². The van der Waals surface area contributed by atoms with Crippen LogP contribution in [0.25, 0.3) is 0 Å². The highest BCUT2D eigenvalue weighted by atomic mass is 32.1. The summed E-state index contributed by atoms with van der Waals surface area (Å²) in [5.41, 5.74) is 1.61. The van der Waals surface area contributed by atoms with Gasteiger partial charge in [0.2, 0.25) is 0 Å². The molecule has 6 heteroatoms. The summed E-state index contributed by atoms with van der Waals surface area (Å²) in [5.74, 6) is 0.945. The van der Waals surface area contributed by atoms with E-state index in [1.54, 1.807) is 26.4 Å². The lowest BCUT2D eigenvalue weighted by atomic mass is 10.1. The van der Waals surface area contributed by atoms with Gasteiger partial charge >= 0.3 is 0 Å². The van der Waals surface area contributed by atoms with E-state index in [1.807, 2.05) is 41.3 Å². The van der Waals surface area contributed by atoms with Crippen molar-refractivity contribution in [1.29, 1.82) is 0 Å². The van der Waals surface area contributed by atoms with E-state index < -0.39 is 0 Å². The van der Waals surface area contributed by atoms with Gasteiger partial charge in [0.1, 0.15) is 11.5 Å². The molecule has 0 aliphatic heterocycles. The third-order valence-electron chi connectivity index (χ3n) is 3.52. The van der Waals surface area contributed by atoms with Crippen LogP contribution in [0.5, 0.6) is 11.5 Å². The molecule has 24 heavy (non-hydrogen) atoms. The molecule has 2 aromatic carbocycles. The molecule has 0 saturated carbocycles. The predicted molar refractivity (Wildman–Crippen MR) is 99.8 cm³/mol. The molecule has 0 bridgehead atoms. The minimum Gasteiger partial charge on any atom is -0.508 e. The normalized spacial score (nSPS) is 10.2. The van der Waals surface area contributed by atoms with Crippen LogP contribution < -0.4 is 15.0 Å². The van der Waals surface area contributed by atoms with Crippen molar-refractivity contribution < 1.29 is 14.6 Å². The number of hydrogen-bond donors (Lipinski definition) is 2. The van der Waals surface area contributed by atoms with Crippen LogP contribution in [0.3, 0.4) is 0 Å². The zero-order valence-corrected chi connectivity index (χ0v) is 14.7. The van der Waals surface area contributed by atoms with Crippen LogP contribution in [0.4, 0.5) is 5.69 Å². The summed E-state index contributed by atoms with van der Waals surface area (Å²) in [4.78, 5) is 1.90. The van der Waals surface area contributed by atoms with Crippen LogP contribution in [0.1, 0.15) is 5.56 Å². The van der Waals surface area contributed by atoms with Crippen molar-refractivity contribution >= 4 is 23.0 Å². The fourth-order valence-corrected chi connectivity index (χ4v) is 2.55. The molecule has 0 amide bonds. The fourth-order valence-electron chi connectivity index (χ4n) is 2.29. The van der Waals surface area contributed by atoms with Gasteiger partial charge in [-0.05, 0) is 30.4 Å². The highest BCUT2D eigenvalue weighted by Gasteiger charge is 2.18. The molecule has 0 aromatic heterocycles. The fraction of sp³-hybridized carbons (Fsp3) is 0.278. The molecule has 0 unspecified atom stereocenters. The van der Waals surface area contributed by atoms with Gasteiger partial charge in [0, 0.05) is 19.2 Å². The van der Waals surface area contributed by atoms with Crippen LogP contribution in [0.15, 0.2) is 48.5 Å². The SMILES string of the molecule is COCCNC(=S)N(Cc1ccccc1O)c1ccccc1OC. The first-order valence-electron chi connectivity index (χ1n) is 7.61. The van der Waals surface area contributed by atoms with Gasteiger partial charge in [-0.15, -0.1) is 0 Å². The van der Waals surface area contributed by atoms with Crippen molar-refractivity contribution in [3.8, 4) is 11.5 Å². The highest BCUT2D eigenvalue weighted by Crippen LogP contribution is 2.30. The Morgan fingerprint density at radius 1 is 1.12 bits per heavy atom. The maximum atomic E-state index is 10.1. The third kappa shape index (κ3) is 4.59. The van der Waals surface area contributed by atoms with E-state index in [9.17, 15) is 5.11 Å². The molecule has 0 spiro atoms. The molecule has 2 aromatic rings. The number of phenolic OH excluding ortho intramolecular Hbond substituents is 1. The van der Waals surface area contributed by atoms with E-state index >= 15 is 0 Å². The van der Waals surface area contributed by atoms with Crippen molar-refractivity contribution in [3.05, 3.63) is 54.1 Å². The van der Waals surface area contributed by atoms with Gasteiger partial charge in [-0.1, -0.05) is 30.3 Å². The molecule has 0 saturated heterocycles. The number of methoxy groups -OCH3 is 2. The maximum absolute atomic E-state index is 10.1. The monoisotopic (exact) mass is 346 g/mol. The summed E-state index contributed by atoms with van der Waals surface area (Å²) in [6, 6.07) is 14.9. The number of para-hydroxylation sites is 3. The Bertz CT molecular complexity index is 679. The maximum Gasteiger partial charge on any atom is 0.173 e. The Morgan fingerprint density at radius 3 is 2.54 bits per heavy atom. The molecule has 0 aliphatic carbocycles. The summed E-state index contributed by atoms with van der Waals surface area (Å²) in [5, 5.41) is 13.8. The Labute approximate surface area is 147 Å². The molecule has 0 aliphatic rings. The van der Waals surface area contributed by atoms with Crippen LogP contribution in [-0.4, -0.2) is 37.6 Å². The van der Waals surface area contributed by atoms with Crippen molar-refractivity contribution in [2.24, 2.45) is 0 Å². The van der Waals surface area contributed by atoms with Gasteiger partial charge < -0.3 is 24.8 Å². The van der Waals surface area contributed by atoms with Crippen LogP contribution in [0, 0.1) is 0 Å². The van der Waals surface area contributed by atoms with Crippen LogP contribution >= 0.6 is 12.2 Å². The minimum absolute atomic E-state index is 0.233. The number of rotatable bonds is 7. The number of hydrogen-bond acceptors (Lipinski definition) is 4. The minimum atomic E-state index is 0.233. The summed E-state index contributed by atoms with van der Waals surface area (Å²) in [6.45, 7) is 1.57. The second-order valence-electron chi connectivity index (χ2n) is 5.11. The van der Waals surface area contributed by atoms with Gasteiger partial charge in [-0.2, -0.15) is 0 Å². The van der Waals surface area contributed by atoms with Crippen molar-refractivity contribution in [2.45, 2.75) is 6.54 Å². The zero-order valence-electron chi connectivity index (χ0n) is 13.9. The quantitative estimate of drug-likeness (QED) is 0.594. The number of anilines is 1. The lowest BCUT2D eigenvalue weighted by molar-refractivity contribution is 0.204. The highest BCUT2D eigenvalue weighted by molar-refractivity contribution is 7.80. The van der Waals surface area contributed by atoms with E-state index in [0.717, 1.165) is 11.3 Å². The van der Waals surface area contributed by atoms with Crippen molar-refractivity contribution in [3.63, 3.8) is 0 Å². The Kier molecular flexibility index (Phi) is 6.84. The Hall–Kier alpha value is -2.31. The van der Waals surface area contributed by atoms with Crippen molar-refractivity contribution in [1.82, 2.24) is 5.32 Å². The third-order valence-corrected chi connectivity index (χ3v) is 3.89. The number of phenols is 1. The van der Waals surface area contributed by atoms with Gasteiger partial charge in [-0.3, -0.25) is 0 Å². The zero-order chi connectivity index (χ0) is 17.4. The number of aromatic hydroxyl groups is 1. The first-order valence-corrected chi connectivity index (χ1v) is 8.02. The molecular formula is C18H22N2O3S. The molecule has 5 nitrogen and oxygen atoms in total. The average Bonchev–Trinajstić information content (AvgIpc) is 2.61. The van der Waals surface area contributed by atoms with E-state index in [0.29, 0.717) is 30.6 Å². The number of ether oxygens (including phenoxy) is 2. The molecule has 0 fully saturated rings. The second kappa shape index (κ2) is 9.10. The van der Waals surface area contributed by atoms with Crippen molar-refractivity contribution in [2.75, 3.05) is 32.3 Å². The van der Waals surface area contributed by atoms with Gasteiger partial charge in [0.25, 0.3) is 0 Å². The first kappa shape index (κ1) is 18.0. The summed E-state index contributed by atoms with van der Waals surface area (Å²) in [6.07, 6.45) is 0. The van der Waals surface area contributed by atoms with Crippen LogP contribution in [-0.2, 0) is 11.3 Å². The standard InChI is InChI=1S/C18H22N2O3S/c1-22-12-11-19-18(24)20(13-14-7-3-5-9-16(14)21)15-8-4-6-10-17(15)23-2/h3-10,21H,11-13H2,1-2H3,(H,19,24). The first-order chi connectivity index (χ1) is 11.7. The predicted octanol–water partition coefficient (Wildman–Crippen LogP) is 2.93. The average molecular weight is 346 g/mol. The molecule has 0 radical (unpaired) electrons. The van der Waals surface area contributed by atoms with E-state index in [2.05, 4.69) is 5.32 Å². The number of nitrogens with one attached hydrogen (secondary N) is 1. The van der Waals surface area contributed by atoms with Gasteiger partial charge in [0.15, 0.2) is 5.11 Å². The number of nitrogens with zero attached hydrogens (tertiary/aromatic N) is 1. The molecule has 128 valence electrons. The lowest BCUT2D eigenvalue weighted by Gasteiger charge is -2.27. The molecule has 2 rings (SSSR count). The Morgan fingerprint density at radius 2 is 1.83 bits per heavy atom. The summed E-state index contributed by atoms with van der Waals surface area (Å²) in [7, 11) is 3.27.